The van der Waals surface area contributed by atoms with E-state index in [1.165, 1.54) is 64.7 Å². The van der Waals surface area contributed by atoms with Gasteiger partial charge in [-0.1, -0.05) is 51.2 Å². The number of unbranched alkanes of at least 4 members (excludes halogenated alkanes) is 5. The summed E-state index contributed by atoms with van der Waals surface area (Å²) < 4.78 is 4.93. The minimum Gasteiger partial charge on any atom is -0.466 e. The third-order valence-corrected chi connectivity index (χ3v) is 3.27. The molecule has 0 radical (unpaired) electrons. The minimum atomic E-state index is -0.163. The summed E-state index contributed by atoms with van der Waals surface area (Å²) in [6, 6.07) is 0. The van der Waals surface area contributed by atoms with E-state index in [0.29, 0.717) is 6.61 Å². The molecule has 0 unspecified atom stereocenters. The van der Waals surface area contributed by atoms with Crippen molar-refractivity contribution < 1.29 is 9.53 Å². The van der Waals surface area contributed by atoms with E-state index in [0.717, 1.165) is 6.42 Å². The molecule has 0 saturated carbocycles. The average molecular weight is 268 g/mol. The maximum absolute atomic E-state index is 10.6. The van der Waals surface area contributed by atoms with Crippen LogP contribution in [0.15, 0.2) is 11.6 Å². The van der Waals surface area contributed by atoms with Crippen LogP contribution in [0.25, 0.3) is 0 Å². The molecule has 0 aliphatic heterocycles. The molecule has 112 valence electrons. The predicted molar refractivity (Wildman–Crippen MR) is 82.2 cm³/mol. The topological polar surface area (TPSA) is 26.3 Å². The minimum absolute atomic E-state index is 0.163. The zero-order valence-electron chi connectivity index (χ0n) is 13.2. The van der Waals surface area contributed by atoms with Crippen molar-refractivity contribution in [3.8, 4) is 0 Å². The predicted octanol–water partition coefficient (Wildman–Crippen LogP) is 5.42. The first-order valence-electron chi connectivity index (χ1n) is 8.02. The first-order chi connectivity index (χ1) is 9.20. The molecule has 0 rings (SSSR count). The zero-order valence-corrected chi connectivity index (χ0v) is 13.2. The smallest absolute Gasteiger partial charge is 0.302 e. The van der Waals surface area contributed by atoms with Gasteiger partial charge in [0.2, 0.25) is 0 Å². The largest absolute Gasteiger partial charge is 0.466 e. The number of hydrogen-bond acceptors (Lipinski definition) is 2. The molecule has 0 N–H and O–H groups in total. The van der Waals surface area contributed by atoms with Crippen LogP contribution in [0.4, 0.5) is 0 Å². The van der Waals surface area contributed by atoms with Gasteiger partial charge in [-0.3, -0.25) is 4.79 Å². The molecular formula is C17H32O2. The molecule has 0 heterocycles. The summed E-state index contributed by atoms with van der Waals surface area (Å²) in [5.41, 5.74) is 1.66. The molecule has 0 atom stereocenters. The van der Waals surface area contributed by atoms with E-state index in [2.05, 4.69) is 19.9 Å². The third-order valence-electron chi connectivity index (χ3n) is 3.27. The summed E-state index contributed by atoms with van der Waals surface area (Å²) in [6.45, 7) is 6.55. The second-order valence-electron chi connectivity index (χ2n) is 5.26. The molecule has 0 aromatic heterocycles. The molecule has 0 saturated heterocycles. The Bertz CT molecular complexity index is 244. The summed E-state index contributed by atoms with van der Waals surface area (Å²) in [7, 11) is 0. The highest BCUT2D eigenvalue weighted by Crippen LogP contribution is 2.17. The van der Waals surface area contributed by atoms with E-state index < -0.39 is 0 Å². The molecule has 0 aromatic carbocycles. The Kier molecular flexibility index (Phi) is 13.1. The van der Waals surface area contributed by atoms with Crippen molar-refractivity contribution in [2.24, 2.45) is 0 Å². The molecule has 0 bridgehead atoms. The van der Waals surface area contributed by atoms with E-state index in [4.69, 9.17) is 4.74 Å². The van der Waals surface area contributed by atoms with E-state index in [9.17, 15) is 4.79 Å². The van der Waals surface area contributed by atoms with Crippen LogP contribution in [-0.2, 0) is 9.53 Å². The first kappa shape index (κ1) is 18.2. The van der Waals surface area contributed by atoms with Gasteiger partial charge in [-0.25, -0.2) is 0 Å². The Morgan fingerprint density at radius 2 is 1.63 bits per heavy atom. The van der Waals surface area contributed by atoms with Crippen molar-refractivity contribution in [2.75, 3.05) is 6.61 Å². The molecule has 0 aliphatic rings. The highest BCUT2D eigenvalue weighted by atomic mass is 16.5. The Morgan fingerprint density at radius 3 is 2.26 bits per heavy atom. The van der Waals surface area contributed by atoms with Crippen molar-refractivity contribution in [3.63, 3.8) is 0 Å². The van der Waals surface area contributed by atoms with Gasteiger partial charge >= 0.3 is 5.97 Å². The lowest BCUT2D eigenvalue weighted by Gasteiger charge is -2.07. The van der Waals surface area contributed by atoms with E-state index >= 15 is 0 Å². The highest BCUT2D eigenvalue weighted by Gasteiger charge is 1.98. The molecular weight excluding hydrogens is 236 g/mol. The van der Waals surface area contributed by atoms with Crippen molar-refractivity contribution in [3.05, 3.63) is 11.6 Å². The number of ether oxygens (including phenoxy) is 1. The molecule has 0 fully saturated rings. The zero-order chi connectivity index (χ0) is 14.3. The lowest BCUT2D eigenvalue weighted by atomic mass is 10.00. The molecule has 2 nitrogen and oxygen atoms in total. The molecule has 2 heteroatoms. The summed E-state index contributed by atoms with van der Waals surface area (Å²) in [5.74, 6) is -0.163. The van der Waals surface area contributed by atoms with Crippen molar-refractivity contribution >= 4 is 5.97 Å². The van der Waals surface area contributed by atoms with Gasteiger partial charge in [0.05, 0.1) is 6.61 Å². The molecule has 0 amide bonds. The molecule has 0 spiro atoms. The molecule has 19 heavy (non-hydrogen) atoms. The number of carbonyl (C=O) groups is 1. The van der Waals surface area contributed by atoms with Crippen molar-refractivity contribution in [1.82, 2.24) is 0 Å². The molecule has 0 aromatic rings. The van der Waals surface area contributed by atoms with Crippen LogP contribution in [0.2, 0.25) is 0 Å². The van der Waals surface area contributed by atoms with Gasteiger partial charge < -0.3 is 4.74 Å². The average Bonchev–Trinajstić information content (AvgIpc) is 2.39. The number of carbonyl (C=O) groups excluding carboxylic acids is 1. The second kappa shape index (κ2) is 13.6. The van der Waals surface area contributed by atoms with Crippen LogP contribution < -0.4 is 0 Å². The fourth-order valence-electron chi connectivity index (χ4n) is 2.10. The summed E-state index contributed by atoms with van der Waals surface area (Å²) in [6.07, 6.45) is 14.8. The normalized spacial score (nSPS) is 11.6. The van der Waals surface area contributed by atoms with Crippen molar-refractivity contribution in [2.45, 2.75) is 85.0 Å². The van der Waals surface area contributed by atoms with Gasteiger partial charge in [0.1, 0.15) is 0 Å². The SMILES string of the molecule is CCC/C=C(\CCCC)CCCCCCOC(C)=O. The van der Waals surface area contributed by atoms with Crippen LogP contribution in [-0.4, -0.2) is 12.6 Å². The summed E-state index contributed by atoms with van der Waals surface area (Å²) in [4.78, 5) is 10.6. The Morgan fingerprint density at radius 1 is 0.947 bits per heavy atom. The van der Waals surface area contributed by atoms with E-state index in [1.54, 1.807) is 5.57 Å². The summed E-state index contributed by atoms with van der Waals surface area (Å²) in [5, 5.41) is 0. The van der Waals surface area contributed by atoms with E-state index in [1.807, 2.05) is 0 Å². The van der Waals surface area contributed by atoms with E-state index in [-0.39, 0.29) is 5.97 Å². The van der Waals surface area contributed by atoms with Crippen LogP contribution in [0, 0.1) is 0 Å². The number of hydrogen-bond donors (Lipinski definition) is 0. The maximum atomic E-state index is 10.6. The quantitative estimate of drug-likeness (QED) is 0.268. The number of rotatable bonds is 12. The van der Waals surface area contributed by atoms with Gasteiger partial charge in [-0.2, -0.15) is 0 Å². The first-order valence-corrected chi connectivity index (χ1v) is 8.02. The van der Waals surface area contributed by atoms with Gasteiger partial charge in [0.15, 0.2) is 0 Å². The lowest BCUT2D eigenvalue weighted by Crippen LogP contribution is -2.00. The van der Waals surface area contributed by atoms with Gasteiger partial charge in [0.25, 0.3) is 0 Å². The Balaban J connectivity index is 3.59. The highest BCUT2D eigenvalue weighted by molar-refractivity contribution is 5.65. The standard InChI is InChI=1S/C17H32O2/c1-4-6-12-17(13-7-5-2)14-10-8-9-11-15-19-16(3)18/h12H,4-11,13-15H2,1-3H3/b17-12+. The van der Waals surface area contributed by atoms with Crippen LogP contribution in [0.3, 0.4) is 0 Å². The fraction of sp³-hybridized carbons (Fsp3) is 0.824. The number of allylic oxidation sites excluding steroid dienone is 2. The van der Waals surface area contributed by atoms with Crippen LogP contribution in [0.5, 0.6) is 0 Å². The number of esters is 1. The molecule has 0 aliphatic carbocycles. The van der Waals surface area contributed by atoms with Crippen LogP contribution in [0.1, 0.15) is 85.0 Å². The van der Waals surface area contributed by atoms with Crippen molar-refractivity contribution in [1.29, 1.82) is 0 Å². The second-order valence-corrected chi connectivity index (χ2v) is 5.26. The van der Waals surface area contributed by atoms with Gasteiger partial charge in [0, 0.05) is 6.92 Å². The lowest BCUT2D eigenvalue weighted by molar-refractivity contribution is -0.141. The van der Waals surface area contributed by atoms with Gasteiger partial charge in [-0.05, 0) is 38.5 Å². The summed E-state index contributed by atoms with van der Waals surface area (Å²) >= 11 is 0. The fourth-order valence-corrected chi connectivity index (χ4v) is 2.10. The Hall–Kier alpha value is -0.790. The third kappa shape index (κ3) is 13.4. The monoisotopic (exact) mass is 268 g/mol. The maximum Gasteiger partial charge on any atom is 0.302 e. The van der Waals surface area contributed by atoms with Gasteiger partial charge in [-0.15, -0.1) is 0 Å². The Labute approximate surface area is 119 Å². The van der Waals surface area contributed by atoms with Crippen LogP contribution >= 0.6 is 0 Å².